The van der Waals surface area contributed by atoms with Gasteiger partial charge in [0, 0.05) is 16.2 Å². The number of hydrogen-bond acceptors (Lipinski definition) is 5. The first kappa shape index (κ1) is 20.0. The second kappa shape index (κ2) is 7.96. The van der Waals surface area contributed by atoms with Crippen molar-refractivity contribution in [3.8, 4) is 5.75 Å². The number of ketones is 1. The first-order chi connectivity index (χ1) is 15.6. The highest BCUT2D eigenvalue weighted by molar-refractivity contribution is 6.04. The third-order valence-electron chi connectivity index (χ3n) is 6.44. The van der Waals surface area contributed by atoms with Crippen LogP contribution in [0.1, 0.15) is 27.4 Å². The summed E-state index contributed by atoms with van der Waals surface area (Å²) in [5.74, 6) is -0.0754. The number of benzene rings is 3. The molecule has 0 aliphatic carbocycles. The zero-order chi connectivity index (χ0) is 22.2. The Hall–Kier alpha value is -3.93. The maximum absolute atomic E-state index is 13.9. The number of carbonyl (C=O) groups excluding carboxylic acids is 1. The van der Waals surface area contributed by atoms with Crippen molar-refractivity contribution >= 4 is 17.5 Å². The summed E-state index contributed by atoms with van der Waals surface area (Å²) in [5, 5.41) is 12.4. The van der Waals surface area contributed by atoms with Crippen molar-refractivity contribution in [2.45, 2.75) is 24.0 Å². The number of Topliss-reactive ketones (excluding diaryl/α,β-unsaturated/α-hetero) is 1. The van der Waals surface area contributed by atoms with Crippen LogP contribution in [0.25, 0.3) is 6.08 Å². The lowest BCUT2D eigenvalue weighted by Gasteiger charge is -2.34. The predicted molar refractivity (Wildman–Crippen MR) is 123 cm³/mol. The van der Waals surface area contributed by atoms with Gasteiger partial charge in [0.15, 0.2) is 5.78 Å². The summed E-state index contributed by atoms with van der Waals surface area (Å²) in [7, 11) is 1.58. The Bertz CT molecular complexity index is 1190. The molecule has 5 rings (SSSR count). The topological polar surface area (TPSA) is 72.7 Å². The van der Waals surface area contributed by atoms with E-state index in [-0.39, 0.29) is 10.7 Å². The van der Waals surface area contributed by atoms with E-state index in [1.807, 2.05) is 71.6 Å². The van der Waals surface area contributed by atoms with Crippen molar-refractivity contribution in [3.63, 3.8) is 0 Å². The molecule has 32 heavy (non-hydrogen) atoms. The quantitative estimate of drug-likeness (QED) is 0.339. The Morgan fingerprint density at radius 3 is 2.34 bits per heavy atom. The molecule has 0 unspecified atom stereocenters. The van der Waals surface area contributed by atoms with Crippen LogP contribution in [-0.2, 0) is 0 Å². The van der Waals surface area contributed by atoms with Gasteiger partial charge in [0.2, 0.25) is 6.04 Å². The molecule has 0 saturated carbocycles. The number of carbonyl (C=O) groups is 1. The van der Waals surface area contributed by atoms with E-state index in [2.05, 4.69) is 0 Å². The molecule has 0 bridgehead atoms. The molecule has 3 aromatic rings. The molecule has 6 heteroatoms. The van der Waals surface area contributed by atoms with Gasteiger partial charge in [0.25, 0.3) is 0 Å². The second-order valence-corrected chi connectivity index (χ2v) is 8.07. The van der Waals surface area contributed by atoms with Gasteiger partial charge >= 0.3 is 0 Å². The van der Waals surface area contributed by atoms with Crippen LogP contribution in [-0.4, -0.2) is 35.9 Å². The van der Waals surface area contributed by atoms with Gasteiger partial charge in [-0.1, -0.05) is 72.8 Å². The van der Waals surface area contributed by atoms with Crippen molar-refractivity contribution in [2.75, 3.05) is 12.0 Å². The predicted octanol–water partition coefficient (Wildman–Crippen LogP) is 4.59. The van der Waals surface area contributed by atoms with E-state index in [9.17, 15) is 14.9 Å². The zero-order valence-corrected chi connectivity index (χ0v) is 17.5. The highest BCUT2D eigenvalue weighted by Crippen LogP contribution is 2.47. The fourth-order valence-electron chi connectivity index (χ4n) is 5.03. The summed E-state index contributed by atoms with van der Waals surface area (Å²) in [4.78, 5) is 28.0. The summed E-state index contributed by atoms with van der Waals surface area (Å²) < 4.78 is 5.27. The molecular formula is C26H22N2O4. The van der Waals surface area contributed by atoms with Gasteiger partial charge in [-0.05, 0) is 29.3 Å². The van der Waals surface area contributed by atoms with E-state index in [0.29, 0.717) is 11.3 Å². The smallest absolute Gasteiger partial charge is 0.245 e. The van der Waals surface area contributed by atoms with Crippen molar-refractivity contribution < 1.29 is 14.5 Å². The minimum absolute atomic E-state index is 0.120. The Labute approximate surface area is 185 Å². The first-order valence-corrected chi connectivity index (χ1v) is 10.5. The molecule has 3 aromatic carbocycles. The van der Waals surface area contributed by atoms with E-state index >= 15 is 0 Å². The standard InChI is InChI=1S/C26H22N2O4/c1-32-20-14-11-18(12-15-20)23-24(28(30)31)22-16-13-17-7-5-6-10-21(17)27(22)25(23)26(29)19-8-3-2-4-9-19/h2-16,22-25H,1H3/t22-,23-,24+,25+/m0/s1. The molecule has 1 saturated heterocycles. The lowest BCUT2D eigenvalue weighted by molar-refractivity contribution is -0.524. The molecule has 2 heterocycles. The van der Waals surface area contributed by atoms with Crippen molar-refractivity contribution in [1.29, 1.82) is 0 Å². The molecule has 0 N–H and O–H groups in total. The van der Waals surface area contributed by atoms with Crippen molar-refractivity contribution in [1.82, 2.24) is 0 Å². The largest absolute Gasteiger partial charge is 0.497 e. The molecule has 0 amide bonds. The molecule has 0 spiro atoms. The van der Waals surface area contributed by atoms with Gasteiger partial charge < -0.3 is 9.64 Å². The minimum atomic E-state index is -0.967. The van der Waals surface area contributed by atoms with E-state index in [1.165, 1.54) is 0 Å². The Morgan fingerprint density at radius 2 is 1.66 bits per heavy atom. The van der Waals surface area contributed by atoms with E-state index < -0.39 is 24.0 Å². The number of hydrogen-bond donors (Lipinski definition) is 0. The summed E-state index contributed by atoms with van der Waals surface area (Å²) in [6.45, 7) is 0. The summed E-state index contributed by atoms with van der Waals surface area (Å²) in [6.07, 6.45) is 3.79. The molecule has 0 radical (unpaired) electrons. The van der Waals surface area contributed by atoms with Crippen LogP contribution in [0, 0.1) is 10.1 Å². The number of anilines is 1. The number of rotatable bonds is 5. The second-order valence-electron chi connectivity index (χ2n) is 8.07. The van der Waals surface area contributed by atoms with E-state index in [0.717, 1.165) is 16.8 Å². The van der Waals surface area contributed by atoms with Crippen LogP contribution in [0.3, 0.4) is 0 Å². The third-order valence-corrected chi connectivity index (χ3v) is 6.44. The minimum Gasteiger partial charge on any atom is -0.497 e. The fraction of sp³-hybridized carbons (Fsp3) is 0.192. The Balaban J connectivity index is 1.71. The normalized spacial score (nSPS) is 23.3. The van der Waals surface area contributed by atoms with E-state index in [1.54, 1.807) is 31.4 Å². The van der Waals surface area contributed by atoms with Crippen LogP contribution in [0.4, 0.5) is 5.69 Å². The van der Waals surface area contributed by atoms with Crippen molar-refractivity contribution in [2.24, 2.45) is 0 Å². The summed E-state index contributed by atoms with van der Waals surface area (Å²) in [5.41, 5.74) is 3.09. The molecule has 2 aliphatic rings. The average molecular weight is 426 g/mol. The van der Waals surface area contributed by atoms with Crippen LogP contribution in [0.15, 0.2) is 84.9 Å². The lowest BCUT2D eigenvalue weighted by Crippen LogP contribution is -2.44. The molecule has 160 valence electrons. The highest BCUT2D eigenvalue weighted by Gasteiger charge is 2.58. The maximum atomic E-state index is 13.9. The first-order valence-electron chi connectivity index (χ1n) is 10.5. The number of nitrogens with zero attached hydrogens (tertiary/aromatic N) is 2. The van der Waals surface area contributed by atoms with Gasteiger partial charge in [-0.15, -0.1) is 0 Å². The third kappa shape index (κ3) is 3.15. The summed E-state index contributed by atoms with van der Waals surface area (Å²) in [6, 6.07) is 21.8. The van der Waals surface area contributed by atoms with Gasteiger partial charge in [0.1, 0.15) is 17.8 Å². The van der Waals surface area contributed by atoms with Crippen LogP contribution in [0.5, 0.6) is 5.75 Å². The number of nitro groups is 1. The molecule has 0 aromatic heterocycles. The van der Waals surface area contributed by atoms with Crippen LogP contribution < -0.4 is 9.64 Å². The maximum Gasteiger partial charge on any atom is 0.245 e. The van der Waals surface area contributed by atoms with Gasteiger partial charge in [-0.25, -0.2) is 0 Å². The monoisotopic (exact) mass is 426 g/mol. The highest BCUT2D eigenvalue weighted by atomic mass is 16.6. The number of fused-ring (bicyclic) bond motifs is 3. The number of para-hydroxylation sites is 1. The van der Waals surface area contributed by atoms with E-state index in [4.69, 9.17) is 4.74 Å². The van der Waals surface area contributed by atoms with Gasteiger partial charge in [0.05, 0.1) is 13.0 Å². The van der Waals surface area contributed by atoms with Crippen LogP contribution in [0.2, 0.25) is 0 Å². The SMILES string of the molecule is COc1ccc([C@H]2[C@H]([N+](=O)[O-])[C@@H]3C=Cc4ccccc4N3[C@H]2C(=O)c2ccccc2)cc1. The van der Waals surface area contributed by atoms with Crippen molar-refractivity contribution in [3.05, 3.63) is 112 Å². The van der Waals surface area contributed by atoms with Gasteiger partial charge in [-0.2, -0.15) is 0 Å². The molecule has 4 atom stereocenters. The summed E-state index contributed by atoms with van der Waals surface area (Å²) >= 11 is 0. The lowest BCUT2D eigenvalue weighted by atomic mass is 9.83. The van der Waals surface area contributed by atoms with Gasteiger partial charge in [-0.3, -0.25) is 14.9 Å². The molecule has 6 nitrogen and oxygen atoms in total. The van der Waals surface area contributed by atoms with Crippen LogP contribution >= 0.6 is 0 Å². The Morgan fingerprint density at radius 1 is 0.969 bits per heavy atom. The molecule has 1 fully saturated rings. The number of ether oxygens (including phenoxy) is 1. The zero-order valence-electron chi connectivity index (χ0n) is 17.5. The average Bonchev–Trinajstić information content (AvgIpc) is 3.20. The fourth-order valence-corrected chi connectivity index (χ4v) is 5.03. The molecular weight excluding hydrogens is 404 g/mol. The molecule has 2 aliphatic heterocycles. The number of methoxy groups -OCH3 is 1. The Kier molecular flexibility index (Phi) is 4.98.